The number of aryl methyl sites for hydroxylation is 2. The number of nitrogens with zero attached hydrogens (tertiary/aromatic N) is 2. The van der Waals surface area contributed by atoms with Crippen LogP contribution in [0.1, 0.15) is 28.8 Å². The van der Waals surface area contributed by atoms with Crippen LogP contribution in [0, 0.1) is 0 Å². The Balaban J connectivity index is 1.47. The third kappa shape index (κ3) is 5.02. The molecule has 1 N–H and O–H groups in total. The minimum Gasteiger partial charge on any atom is -0.325 e. The number of hydrogen-bond acceptors (Lipinski definition) is 5. The Morgan fingerprint density at radius 2 is 1.89 bits per heavy atom. The predicted octanol–water partition coefficient (Wildman–Crippen LogP) is 6.73. The van der Waals surface area contributed by atoms with E-state index in [9.17, 15) is 22.8 Å². The monoisotopic (exact) mass is 549 g/mol. The van der Waals surface area contributed by atoms with Crippen LogP contribution in [0.2, 0.25) is 5.02 Å². The summed E-state index contributed by atoms with van der Waals surface area (Å²) >= 11 is 8.60. The van der Waals surface area contributed by atoms with Gasteiger partial charge in [-0.15, -0.1) is 11.3 Å². The number of nitrogens with one attached hydrogen (secondary N) is 1. The number of halogens is 4. The Hall–Kier alpha value is -2.82. The molecule has 36 heavy (non-hydrogen) atoms. The first-order valence-corrected chi connectivity index (χ1v) is 13.3. The second-order valence-electron chi connectivity index (χ2n) is 8.32. The normalized spacial score (nSPS) is 13.6. The van der Waals surface area contributed by atoms with Crippen molar-refractivity contribution in [3.63, 3.8) is 0 Å². The Morgan fingerprint density at radius 1 is 1.14 bits per heavy atom. The molecule has 0 saturated heterocycles. The van der Waals surface area contributed by atoms with Crippen molar-refractivity contribution in [3.05, 3.63) is 79.9 Å². The summed E-state index contributed by atoms with van der Waals surface area (Å²) in [6.07, 6.45) is -0.672. The topological polar surface area (TPSA) is 64.0 Å². The number of alkyl halides is 3. The summed E-state index contributed by atoms with van der Waals surface area (Å²) < 4.78 is 40.4. The molecule has 1 aliphatic carbocycles. The molecule has 0 spiro atoms. The highest BCUT2D eigenvalue weighted by molar-refractivity contribution is 7.99. The van der Waals surface area contributed by atoms with Gasteiger partial charge in [-0.25, -0.2) is 4.98 Å². The largest absolute Gasteiger partial charge is 0.416 e. The molecule has 0 fully saturated rings. The minimum absolute atomic E-state index is 0.0415. The van der Waals surface area contributed by atoms with E-state index in [-0.39, 0.29) is 17.0 Å². The summed E-state index contributed by atoms with van der Waals surface area (Å²) in [4.78, 5) is 32.9. The lowest BCUT2D eigenvalue weighted by molar-refractivity contribution is -0.137. The van der Waals surface area contributed by atoms with Crippen molar-refractivity contribution >= 4 is 56.5 Å². The van der Waals surface area contributed by atoms with Gasteiger partial charge in [-0.2, -0.15) is 13.2 Å². The first-order valence-electron chi connectivity index (χ1n) is 11.1. The molecule has 5 rings (SSSR count). The van der Waals surface area contributed by atoms with Crippen molar-refractivity contribution in [2.75, 3.05) is 11.1 Å². The molecule has 1 aliphatic rings. The average Bonchev–Trinajstić information content (AvgIpc) is 3.22. The van der Waals surface area contributed by atoms with E-state index in [1.807, 2.05) is 0 Å². The maximum atomic E-state index is 13.7. The molecule has 4 aromatic rings. The van der Waals surface area contributed by atoms with Crippen molar-refractivity contribution in [2.45, 2.75) is 37.0 Å². The van der Waals surface area contributed by atoms with E-state index in [2.05, 4.69) is 5.32 Å². The van der Waals surface area contributed by atoms with Crippen LogP contribution in [0.4, 0.5) is 18.9 Å². The van der Waals surface area contributed by atoms with Crippen LogP contribution in [-0.2, 0) is 23.8 Å². The molecule has 0 aliphatic heterocycles. The molecule has 0 saturated carbocycles. The van der Waals surface area contributed by atoms with Crippen molar-refractivity contribution in [1.82, 2.24) is 9.55 Å². The molecule has 2 aromatic heterocycles. The van der Waals surface area contributed by atoms with Crippen molar-refractivity contribution in [1.29, 1.82) is 0 Å². The van der Waals surface area contributed by atoms with Gasteiger partial charge < -0.3 is 5.32 Å². The zero-order valence-corrected chi connectivity index (χ0v) is 21.1. The molecule has 0 unspecified atom stereocenters. The van der Waals surface area contributed by atoms with Crippen molar-refractivity contribution < 1.29 is 18.0 Å². The minimum atomic E-state index is -4.51. The van der Waals surface area contributed by atoms with E-state index in [0.717, 1.165) is 55.1 Å². The number of anilines is 1. The van der Waals surface area contributed by atoms with Gasteiger partial charge in [-0.1, -0.05) is 29.4 Å². The SMILES string of the molecule is O=C(CSc1nc2sc3c(c2c(=O)n1-c1ccc(Cl)cc1)CCCC3)Nc1cccc(C(F)(F)F)c1. The van der Waals surface area contributed by atoms with Gasteiger partial charge in [0.2, 0.25) is 5.91 Å². The summed E-state index contributed by atoms with van der Waals surface area (Å²) in [5.74, 6) is -0.658. The van der Waals surface area contributed by atoms with Crippen LogP contribution in [0.5, 0.6) is 0 Å². The van der Waals surface area contributed by atoms with Crippen LogP contribution < -0.4 is 10.9 Å². The molecule has 0 bridgehead atoms. The highest BCUT2D eigenvalue weighted by Crippen LogP contribution is 2.35. The number of benzene rings is 2. The van der Waals surface area contributed by atoms with E-state index in [1.165, 1.54) is 32.9 Å². The third-order valence-corrected chi connectivity index (χ3v) is 8.23. The number of aromatic nitrogens is 2. The van der Waals surface area contributed by atoms with E-state index in [1.54, 1.807) is 24.3 Å². The second kappa shape index (κ2) is 9.91. The molecule has 11 heteroatoms. The number of carbonyl (C=O) groups is 1. The summed E-state index contributed by atoms with van der Waals surface area (Å²) in [7, 11) is 0. The summed E-state index contributed by atoms with van der Waals surface area (Å²) in [6.45, 7) is 0. The van der Waals surface area contributed by atoms with Gasteiger partial charge in [0.1, 0.15) is 4.83 Å². The van der Waals surface area contributed by atoms with E-state index < -0.39 is 17.6 Å². The average molecular weight is 550 g/mol. The molecule has 0 atom stereocenters. The molecule has 2 heterocycles. The molecule has 1 amide bonds. The number of thiophene rings is 1. The lowest BCUT2D eigenvalue weighted by Crippen LogP contribution is -2.23. The smallest absolute Gasteiger partial charge is 0.325 e. The quantitative estimate of drug-likeness (QED) is 0.221. The highest BCUT2D eigenvalue weighted by Gasteiger charge is 2.30. The fraction of sp³-hybridized carbons (Fsp3) is 0.240. The predicted molar refractivity (Wildman–Crippen MR) is 138 cm³/mol. The summed E-state index contributed by atoms with van der Waals surface area (Å²) in [6, 6.07) is 11.2. The van der Waals surface area contributed by atoms with E-state index in [4.69, 9.17) is 16.6 Å². The number of hydrogen-bond donors (Lipinski definition) is 1. The number of thioether (sulfide) groups is 1. The Bertz CT molecular complexity index is 1510. The van der Waals surface area contributed by atoms with Gasteiger partial charge >= 0.3 is 6.18 Å². The number of carbonyl (C=O) groups excluding carboxylic acids is 1. The summed E-state index contributed by atoms with van der Waals surface area (Å²) in [5, 5.41) is 3.95. The molecular weight excluding hydrogens is 531 g/mol. The number of amides is 1. The maximum Gasteiger partial charge on any atom is 0.416 e. The Labute approximate surface area is 217 Å². The number of rotatable bonds is 5. The lowest BCUT2D eigenvalue weighted by Gasteiger charge is -2.14. The number of fused-ring (bicyclic) bond motifs is 3. The first kappa shape index (κ1) is 24.9. The van der Waals surface area contributed by atoms with Crippen molar-refractivity contribution in [3.8, 4) is 5.69 Å². The zero-order chi connectivity index (χ0) is 25.4. The van der Waals surface area contributed by atoms with Crippen LogP contribution in [-0.4, -0.2) is 21.2 Å². The lowest BCUT2D eigenvalue weighted by atomic mass is 9.97. The van der Waals surface area contributed by atoms with Gasteiger partial charge in [-0.05, 0) is 73.7 Å². The van der Waals surface area contributed by atoms with Crippen LogP contribution in [0.15, 0.2) is 58.5 Å². The third-order valence-electron chi connectivity index (χ3n) is 5.85. The van der Waals surface area contributed by atoms with E-state index >= 15 is 0 Å². The van der Waals surface area contributed by atoms with Crippen molar-refractivity contribution in [2.24, 2.45) is 0 Å². The standard InChI is InChI=1S/C25H19ClF3N3O2S2/c26-15-8-10-17(11-9-15)32-23(34)21-18-6-1-2-7-19(18)36-22(21)31-24(32)35-13-20(33)30-16-5-3-4-14(12-16)25(27,28)29/h3-5,8-12H,1-2,6-7,13H2,(H,30,33). The first-order chi connectivity index (χ1) is 17.2. The zero-order valence-electron chi connectivity index (χ0n) is 18.7. The van der Waals surface area contributed by atoms with Gasteiger partial charge in [0.15, 0.2) is 5.16 Å². The van der Waals surface area contributed by atoms with E-state index in [0.29, 0.717) is 26.1 Å². The van der Waals surface area contributed by atoms with Gasteiger partial charge in [0.25, 0.3) is 5.56 Å². The maximum absolute atomic E-state index is 13.7. The highest BCUT2D eigenvalue weighted by atomic mass is 35.5. The molecule has 186 valence electrons. The van der Waals surface area contributed by atoms with Crippen LogP contribution >= 0.6 is 34.7 Å². The van der Waals surface area contributed by atoms with Gasteiger partial charge in [-0.3, -0.25) is 14.2 Å². The van der Waals surface area contributed by atoms with Crippen LogP contribution in [0.25, 0.3) is 15.9 Å². The Morgan fingerprint density at radius 3 is 2.64 bits per heavy atom. The molecule has 2 aromatic carbocycles. The van der Waals surface area contributed by atoms with Crippen LogP contribution in [0.3, 0.4) is 0 Å². The molecule has 0 radical (unpaired) electrons. The van der Waals surface area contributed by atoms with Gasteiger partial charge in [0.05, 0.1) is 22.4 Å². The molecule has 5 nitrogen and oxygen atoms in total. The Kier molecular flexibility index (Phi) is 6.84. The molecular formula is C25H19ClF3N3O2S2. The summed E-state index contributed by atoms with van der Waals surface area (Å²) in [5.41, 5.74) is 0.608. The fourth-order valence-corrected chi connectivity index (χ4v) is 6.44. The van der Waals surface area contributed by atoms with Gasteiger partial charge in [0, 0.05) is 15.6 Å². The fourth-order valence-electron chi connectivity index (χ4n) is 4.20. The second-order valence-corrected chi connectivity index (χ2v) is 10.8.